The molecule has 1 rings (SSSR count). The van der Waals surface area contributed by atoms with Crippen LogP contribution in [-0.2, 0) is 9.59 Å². The molecule has 0 aromatic heterocycles. The quantitative estimate of drug-likeness (QED) is 0.450. The van der Waals surface area contributed by atoms with Crippen molar-refractivity contribution in [1.82, 2.24) is 9.80 Å². The van der Waals surface area contributed by atoms with Gasteiger partial charge in [-0.1, -0.05) is 0 Å². The first-order valence-electron chi connectivity index (χ1n) is 6.28. The summed E-state index contributed by atoms with van der Waals surface area (Å²) in [6.45, 7) is 0.656. The Kier molecular flexibility index (Phi) is 6.91. The summed E-state index contributed by atoms with van der Waals surface area (Å²) >= 11 is 5.12. The number of nitrogens with zero attached hydrogens (tertiary/aromatic N) is 2. The van der Waals surface area contributed by atoms with Gasteiger partial charge in [0.15, 0.2) is 0 Å². The van der Waals surface area contributed by atoms with Gasteiger partial charge in [-0.15, -0.1) is 0 Å². The number of piperazine rings is 1. The van der Waals surface area contributed by atoms with E-state index < -0.39 is 32.9 Å². The van der Waals surface area contributed by atoms with Crippen LogP contribution in [0.3, 0.4) is 0 Å². The molecule has 0 spiro atoms. The van der Waals surface area contributed by atoms with Crippen LogP contribution in [0.5, 0.6) is 0 Å². The number of allylic oxidation sites excluding steroid dienone is 2. The fourth-order valence-electron chi connectivity index (χ4n) is 1.70. The summed E-state index contributed by atoms with van der Waals surface area (Å²) in [6.07, 6.45) is -8.01. The Labute approximate surface area is 149 Å². The van der Waals surface area contributed by atoms with Crippen LogP contribution in [0.15, 0.2) is 21.4 Å². The molecule has 0 unspecified atom stereocenters. The average Bonchev–Trinajstić information content (AvgIpc) is 2.45. The maximum atomic E-state index is 12.2. The lowest BCUT2D eigenvalue weighted by Gasteiger charge is -2.33. The summed E-state index contributed by atoms with van der Waals surface area (Å²) in [7, 11) is 0. The van der Waals surface area contributed by atoms with E-state index in [-0.39, 0.29) is 26.2 Å². The van der Waals surface area contributed by atoms with Gasteiger partial charge in [0.05, 0.1) is 8.96 Å². The molecular weight excluding hydrogens is 478 g/mol. The summed E-state index contributed by atoms with van der Waals surface area (Å²) in [5, 5.41) is 0. The number of carbonyl (C=O) groups is 2. The van der Waals surface area contributed by atoms with Gasteiger partial charge in [0.2, 0.25) is 0 Å². The van der Waals surface area contributed by atoms with Crippen LogP contribution >= 0.6 is 31.9 Å². The van der Waals surface area contributed by atoms with Crippen molar-refractivity contribution in [1.29, 1.82) is 0 Å². The largest absolute Gasteiger partial charge is 0.455 e. The van der Waals surface area contributed by atoms with Crippen LogP contribution in [0.2, 0.25) is 0 Å². The number of alkyl halides is 6. The van der Waals surface area contributed by atoms with E-state index in [1.54, 1.807) is 0 Å². The first kappa shape index (κ1) is 21.0. The van der Waals surface area contributed by atoms with Crippen LogP contribution in [0.1, 0.15) is 0 Å². The lowest BCUT2D eigenvalue weighted by molar-refractivity contribution is -0.165. The molecule has 1 heterocycles. The molecule has 0 aromatic carbocycles. The number of hydrogen-bond donors (Lipinski definition) is 0. The molecule has 0 atom stereocenters. The molecule has 0 N–H and O–H groups in total. The topological polar surface area (TPSA) is 40.6 Å². The molecule has 0 saturated carbocycles. The molecular formula is C12H10Br2F6N2O2. The number of hydrogen-bond acceptors (Lipinski definition) is 4. The molecule has 1 saturated heterocycles. The third-order valence-corrected chi connectivity index (χ3v) is 4.02. The molecule has 1 aliphatic rings. The van der Waals surface area contributed by atoms with Gasteiger partial charge >= 0.3 is 12.4 Å². The lowest BCUT2D eigenvalue weighted by atomic mass is 10.3. The van der Waals surface area contributed by atoms with Crippen molar-refractivity contribution in [3.63, 3.8) is 0 Å². The predicted molar refractivity (Wildman–Crippen MR) is 79.3 cm³/mol. The number of rotatable bonds is 4. The maximum Gasteiger partial charge on any atom is 0.455 e. The van der Waals surface area contributed by atoms with Gasteiger partial charge < -0.3 is 9.80 Å². The highest BCUT2D eigenvalue weighted by Gasteiger charge is 2.41. The molecule has 4 nitrogen and oxygen atoms in total. The van der Waals surface area contributed by atoms with Gasteiger partial charge in [0, 0.05) is 38.6 Å². The van der Waals surface area contributed by atoms with E-state index in [0.29, 0.717) is 0 Å². The van der Waals surface area contributed by atoms with Gasteiger partial charge in [-0.2, -0.15) is 26.3 Å². The standard InChI is InChI=1S/C12H10Br2F6N2O2/c13-7(9(23)11(15,16)17)5-21-1-2-22(4-3-21)6-8(14)10(24)12(18,19)20/h5-6H,1-4H2/b7-5-,8-6-. The Hall–Kier alpha value is -1.04. The minimum absolute atomic E-state index is 0.164. The average molecular weight is 488 g/mol. The van der Waals surface area contributed by atoms with E-state index in [1.807, 2.05) is 0 Å². The molecule has 136 valence electrons. The summed E-state index contributed by atoms with van der Waals surface area (Å²) in [5.41, 5.74) is 0. The third kappa shape index (κ3) is 6.11. The van der Waals surface area contributed by atoms with Crippen LogP contribution < -0.4 is 0 Å². The van der Waals surface area contributed by atoms with Crippen molar-refractivity contribution in [3.05, 3.63) is 21.4 Å². The molecule has 0 aliphatic carbocycles. The first-order chi connectivity index (χ1) is 10.8. The summed E-state index contributed by atoms with van der Waals surface area (Å²) < 4.78 is 72.2. The van der Waals surface area contributed by atoms with Crippen molar-refractivity contribution in [2.24, 2.45) is 0 Å². The molecule has 1 aliphatic heterocycles. The van der Waals surface area contributed by atoms with Crippen LogP contribution in [0.4, 0.5) is 26.3 Å². The van der Waals surface area contributed by atoms with E-state index in [2.05, 4.69) is 31.9 Å². The van der Waals surface area contributed by atoms with E-state index in [1.165, 1.54) is 9.80 Å². The molecule has 0 amide bonds. The second kappa shape index (κ2) is 7.89. The van der Waals surface area contributed by atoms with Gasteiger partial charge in [0.25, 0.3) is 11.6 Å². The predicted octanol–water partition coefficient (Wildman–Crippen LogP) is 3.34. The summed E-state index contributed by atoms with van der Waals surface area (Å²) in [4.78, 5) is 24.8. The van der Waals surface area contributed by atoms with Crippen molar-refractivity contribution < 1.29 is 35.9 Å². The Morgan fingerprint density at radius 2 is 0.958 bits per heavy atom. The molecule has 24 heavy (non-hydrogen) atoms. The Bertz CT molecular complexity index is 513. The third-order valence-electron chi connectivity index (χ3n) is 2.89. The Morgan fingerprint density at radius 3 is 1.17 bits per heavy atom. The zero-order valence-electron chi connectivity index (χ0n) is 11.7. The Balaban J connectivity index is 2.65. The fourth-order valence-corrected chi connectivity index (χ4v) is 2.73. The molecule has 12 heteroatoms. The Morgan fingerprint density at radius 1 is 0.708 bits per heavy atom. The van der Waals surface area contributed by atoms with Gasteiger partial charge in [0.1, 0.15) is 0 Å². The van der Waals surface area contributed by atoms with Gasteiger partial charge in [-0.3, -0.25) is 9.59 Å². The van der Waals surface area contributed by atoms with Crippen LogP contribution in [0.25, 0.3) is 0 Å². The van der Waals surface area contributed by atoms with E-state index >= 15 is 0 Å². The van der Waals surface area contributed by atoms with E-state index in [4.69, 9.17) is 0 Å². The van der Waals surface area contributed by atoms with Crippen molar-refractivity contribution in [2.75, 3.05) is 26.2 Å². The van der Waals surface area contributed by atoms with Crippen molar-refractivity contribution in [3.8, 4) is 0 Å². The highest BCUT2D eigenvalue weighted by atomic mass is 79.9. The minimum Gasteiger partial charge on any atom is -0.373 e. The number of carbonyl (C=O) groups excluding carboxylic acids is 2. The highest BCUT2D eigenvalue weighted by molar-refractivity contribution is 9.12. The van der Waals surface area contributed by atoms with E-state index in [9.17, 15) is 35.9 Å². The lowest BCUT2D eigenvalue weighted by Crippen LogP contribution is -2.42. The zero-order chi connectivity index (χ0) is 18.7. The molecule has 1 fully saturated rings. The zero-order valence-corrected chi connectivity index (χ0v) is 14.9. The second-order valence-electron chi connectivity index (χ2n) is 4.68. The molecule has 0 radical (unpaired) electrons. The van der Waals surface area contributed by atoms with Crippen molar-refractivity contribution >= 4 is 43.4 Å². The normalized spacial score (nSPS) is 18.0. The fraction of sp³-hybridized carbons (Fsp3) is 0.500. The SMILES string of the molecule is O=C(/C(Br)=C/N1CCN(/C=C(\Br)C(=O)C(F)(F)F)CC1)C(F)(F)F. The van der Waals surface area contributed by atoms with Crippen LogP contribution in [0, 0.1) is 0 Å². The monoisotopic (exact) mass is 486 g/mol. The molecule has 0 aromatic rings. The van der Waals surface area contributed by atoms with Gasteiger partial charge in [-0.05, 0) is 31.9 Å². The number of halogens is 8. The summed E-state index contributed by atoms with van der Waals surface area (Å²) in [5.74, 6) is -4.05. The van der Waals surface area contributed by atoms with Crippen molar-refractivity contribution in [2.45, 2.75) is 12.4 Å². The summed E-state index contributed by atoms with van der Waals surface area (Å²) in [6, 6.07) is 0. The second-order valence-corrected chi connectivity index (χ2v) is 6.39. The highest BCUT2D eigenvalue weighted by Crippen LogP contribution is 2.26. The smallest absolute Gasteiger partial charge is 0.373 e. The number of Topliss-reactive ketones (excluding diaryl/α,β-unsaturated/α-hetero) is 2. The maximum absolute atomic E-state index is 12.2. The molecule has 0 bridgehead atoms. The van der Waals surface area contributed by atoms with E-state index in [0.717, 1.165) is 12.4 Å². The minimum atomic E-state index is -5.00. The van der Waals surface area contributed by atoms with Gasteiger partial charge in [-0.25, -0.2) is 0 Å². The number of ketones is 2. The first-order valence-corrected chi connectivity index (χ1v) is 7.86. The van der Waals surface area contributed by atoms with Crippen LogP contribution in [-0.4, -0.2) is 59.9 Å².